The Labute approximate surface area is 130 Å². The summed E-state index contributed by atoms with van der Waals surface area (Å²) in [7, 11) is 1.74. The van der Waals surface area contributed by atoms with Gasteiger partial charge >= 0.3 is 0 Å². The number of rotatable bonds is 6. The van der Waals surface area contributed by atoms with E-state index < -0.39 is 0 Å². The maximum Gasteiger partial charge on any atom is 0.0879 e. The Bertz CT molecular complexity index is 569. The zero-order valence-corrected chi connectivity index (χ0v) is 13.3. The number of nitrogens with one attached hydrogen (secondary N) is 1. The molecule has 2 aromatic rings. The van der Waals surface area contributed by atoms with Crippen LogP contribution in [0.5, 0.6) is 0 Å². The van der Waals surface area contributed by atoms with Gasteiger partial charge in [-0.05, 0) is 35.2 Å². The molecule has 0 bridgehead atoms. The molecule has 2 atom stereocenters. The summed E-state index contributed by atoms with van der Waals surface area (Å²) in [5, 5.41) is 7.13. The third kappa shape index (κ3) is 3.46. The monoisotopic (exact) mass is 305 g/mol. The number of methoxy groups -OCH3 is 1. The van der Waals surface area contributed by atoms with Crippen LogP contribution in [0.4, 0.5) is 0 Å². The zero-order chi connectivity index (χ0) is 14.5. The Morgan fingerprint density at radius 3 is 3.19 bits per heavy atom. The van der Waals surface area contributed by atoms with Gasteiger partial charge in [-0.15, -0.1) is 11.3 Å². The van der Waals surface area contributed by atoms with Crippen LogP contribution in [0.15, 0.2) is 29.6 Å². The largest absolute Gasteiger partial charge is 0.383 e. The molecule has 4 heteroatoms. The third-order valence-electron chi connectivity index (χ3n) is 4.15. The average Bonchev–Trinajstić information content (AvgIpc) is 2.96. The highest BCUT2D eigenvalue weighted by Crippen LogP contribution is 2.39. The molecule has 114 valence electrons. The van der Waals surface area contributed by atoms with Crippen LogP contribution in [0.1, 0.15) is 24.5 Å². The second kappa shape index (κ2) is 7.36. The van der Waals surface area contributed by atoms with E-state index in [0.29, 0.717) is 5.92 Å². The van der Waals surface area contributed by atoms with E-state index in [1.807, 2.05) is 11.3 Å². The van der Waals surface area contributed by atoms with Gasteiger partial charge in [0.15, 0.2) is 0 Å². The molecular formula is C17H23NO2S. The minimum absolute atomic E-state index is 0.227. The summed E-state index contributed by atoms with van der Waals surface area (Å²) in [4.78, 5) is 0. The lowest BCUT2D eigenvalue weighted by Crippen LogP contribution is -2.33. The first kappa shape index (κ1) is 15.0. The van der Waals surface area contributed by atoms with Crippen molar-refractivity contribution in [3.05, 3.63) is 35.2 Å². The highest BCUT2D eigenvalue weighted by Gasteiger charge is 2.28. The van der Waals surface area contributed by atoms with Crippen molar-refractivity contribution in [1.82, 2.24) is 5.32 Å². The molecule has 3 nitrogen and oxygen atoms in total. The second-order valence-electron chi connectivity index (χ2n) is 5.58. The molecule has 2 unspecified atom stereocenters. The van der Waals surface area contributed by atoms with Crippen molar-refractivity contribution >= 4 is 21.4 Å². The molecule has 0 spiro atoms. The predicted molar refractivity (Wildman–Crippen MR) is 88.0 cm³/mol. The Morgan fingerprint density at radius 2 is 2.29 bits per heavy atom. The second-order valence-corrected chi connectivity index (χ2v) is 6.49. The minimum atomic E-state index is 0.227. The van der Waals surface area contributed by atoms with E-state index in [1.165, 1.54) is 22.1 Å². The summed E-state index contributed by atoms with van der Waals surface area (Å²) in [6, 6.07) is 8.63. The summed E-state index contributed by atoms with van der Waals surface area (Å²) < 4.78 is 12.6. The number of ether oxygens (including phenoxy) is 2. The highest BCUT2D eigenvalue weighted by atomic mass is 32.1. The minimum Gasteiger partial charge on any atom is -0.383 e. The van der Waals surface area contributed by atoms with Crippen LogP contribution >= 0.6 is 11.3 Å². The van der Waals surface area contributed by atoms with E-state index in [1.54, 1.807) is 7.11 Å². The van der Waals surface area contributed by atoms with E-state index in [-0.39, 0.29) is 6.10 Å². The number of fused-ring (bicyclic) bond motifs is 1. The highest BCUT2D eigenvalue weighted by molar-refractivity contribution is 7.17. The van der Waals surface area contributed by atoms with Gasteiger partial charge in [0.05, 0.1) is 12.7 Å². The first-order valence-electron chi connectivity index (χ1n) is 7.67. The molecule has 0 radical (unpaired) electrons. The van der Waals surface area contributed by atoms with Crippen molar-refractivity contribution in [1.29, 1.82) is 0 Å². The van der Waals surface area contributed by atoms with Crippen LogP contribution < -0.4 is 5.32 Å². The van der Waals surface area contributed by atoms with Gasteiger partial charge in [-0.3, -0.25) is 0 Å². The fourth-order valence-electron chi connectivity index (χ4n) is 3.08. The van der Waals surface area contributed by atoms with Gasteiger partial charge in [0.25, 0.3) is 0 Å². The Morgan fingerprint density at radius 1 is 1.38 bits per heavy atom. The summed E-state index contributed by atoms with van der Waals surface area (Å²) in [6.45, 7) is 3.55. The lowest BCUT2D eigenvalue weighted by Gasteiger charge is -2.32. The smallest absolute Gasteiger partial charge is 0.0879 e. The Balaban J connectivity index is 1.74. The van der Waals surface area contributed by atoms with E-state index in [0.717, 1.165) is 32.7 Å². The maximum absolute atomic E-state index is 6.14. The Kier molecular flexibility index (Phi) is 5.25. The first-order valence-corrected chi connectivity index (χ1v) is 8.55. The molecule has 21 heavy (non-hydrogen) atoms. The number of benzene rings is 1. The van der Waals surface area contributed by atoms with Crippen molar-refractivity contribution in [3.63, 3.8) is 0 Å². The maximum atomic E-state index is 6.14. The van der Waals surface area contributed by atoms with Crippen LogP contribution in [0.3, 0.4) is 0 Å². The van der Waals surface area contributed by atoms with Gasteiger partial charge in [0.2, 0.25) is 0 Å². The van der Waals surface area contributed by atoms with Gasteiger partial charge in [-0.2, -0.15) is 0 Å². The lowest BCUT2D eigenvalue weighted by atomic mass is 9.89. The zero-order valence-electron chi connectivity index (χ0n) is 12.5. The van der Waals surface area contributed by atoms with Gasteiger partial charge in [0.1, 0.15) is 0 Å². The molecule has 0 aliphatic carbocycles. The van der Waals surface area contributed by atoms with Crippen molar-refractivity contribution < 1.29 is 9.47 Å². The molecule has 1 aliphatic rings. The van der Waals surface area contributed by atoms with Crippen LogP contribution in [0, 0.1) is 5.92 Å². The Hall–Kier alpha value is -0.940. The SMILES string of the molecule is COCCNCC1CCCOC1c1csc2ccccc12. The van der Waals surface area contributed by atoms with Gasteiger partial charge < -0.3 is 14.8 Å². The summed E-state index contributed by atoms with van der Waals surface area (Å²) in [5.41, 5.74) is 1.37. The third-order valence-corrected chi connectivity index (χ3v) is 5.13. The predicted octanol–water partition coefficient (Wildman–Crippen LogP) is 3.61. The molecular weight excluding hydrogens is 282 g/mol. The fraction of sp³-hybridized carbons (Fsp3) is 0.529. The molecule has 0 saturated carbocycles. The number of hydrogen-bond acceptors (Lipinski definition) is 4. The normalized spacial score (nSPS) is 22.7. The molecule has 1 aliphatic heterocycles. The summed E-state index contributed by atoms with van der Waals surface area (Å²) >= 11 is 1.82. The van der Waals surface area contributed by atoms with Crippen molar-refractivity contribution in [2.24, 2.45) is 5.92 Å². The topological polar surface area (TPSA) is 30.5 Å². The lowest BCUT2D eigenvalue weighted by molar-refractivity contribution is -0.0269. The van der Waals surface area contributed by atoms with E-state index in [2.05, 4.69) is 35.0 Å². The summed E-state index contributed by atoms with van der Waals surface area (Å²) in [5.74, 6) is 0.550. The van der Waals surface area contributed by atoms with Crippen LogP contribution in [-0.2, 0) is 9.47 Å². The number of hydrogen-bond donors (Lipinski definition) is 1. The van der Waals surface area contributed by atoms with Crippen molar-refractivity contribution in [3.8, 4) is 0 Å². The molecule has 0 amide bonds. The molecule has 1 aromatic heterocycles. The van der Waals surface area contributed by atoms with Crippen LogP contribution in [0.2, 0.25) is 0 Å². The van der Waals surface area contributed by atoms with E-state index in [9.17, 15) is 0 Å². The van der Waals surface area contributed by atoms with Gasteiger partial charge in [0, 0.05) is 37.4 Å². The molecule has 1 N–H and O–H groups in total. The molecule has 1 aromatic carbocycles. The quantitative estimate of drug-likeness (QED) is 0.827. The number of thiophene rings is 1. The standard InChI is InChI=1S/C17H23NO2S/c1-19-10-8-18-11-13-5-4-9-20-17(13)15-12-21-16-7-3-2-6-14(15)16/h2-3,6-7,12-13,17-18H,4-5,8-11H2,1H3. The summed E-state index contributed by atoms with van der Waals surface area (Å²) in [6.07, 6.45) is 2.62. The van der Waals surface area contributed by atoms with E-state index in [4.69, 9.17) is 9.47 Å². The van der Waals surface area contributed by atoms with Crippen molar-refractivity contribution in [2.45, 2.75) is 18.9 Å². The molecule has 3 rings (SSSR count). The van der Waals surface area contributed by atoms with E-state index >= 15 is 0 Å². The van der Waals surface area contributed by atoms with Crippen LogP contribution in [-0.4, -0.2) is 33.4 Å². The molecule has 1 saturated heterocycles. The van der Waals surface area contributed by atoms with Crippen LogP contribution in [0.25, 0.3) is 10.1 Å². The molecule has 2 heterocycles. The van der Waals surface area contributed by atoms with Gasteiger partial charge in [-0.1, -0.05) is 18.2 Å². The average molecular weight is 305 g/mol. The molecule has 1 fully saturated rings. The fourth-order valence-corrected chi connectivity index (χ4v) is 4.06. The first-order chi connectivity index (χ1) is 10.4. The van der Waals surface area contributed by atoms with Gasteiger partial charge in [-0.25, -0.2) is 0 Å². The van der Waals surface area contributed by atoms with Crippen molar-refractivity contribution in [2.75, 3.05) is 33.4 Å².